The lowest BCUT2D eigenvalue weighted by atomic mass is 10.0. The van der Waals surface area contributed by atoms with E-state index in [1.54, 1.807) is 31.2 Å². The molecule has 1 amide bonds. The summed E-state index contributed by atoms with van der Waals surface area (Å²) in [6.07, 6.45) is 1.42. The van der Waals surface area contributed by atoms with Crippen molar-refractivity contribution in [1.82, 2.24) is 0 Å². The highest BCUT2D eigenvalue weighted by Gasteiger charge is 2.31. The highest BCUT2D eigenvalue weighted by Crippen LogP contribution is 2.25. The summed E-state index contributed by atoms with van der Waals surface area (Å²) in [5, 5.41) is 3.32. The van der Waals surface area contributed by atoms with Gasteiger partial charge in [-0.05, 0) is 54.3 Å². The molecule has 0 fully saturated rings. The van der Waals surface area contributed by atoms with Gasteiger partial charge in [-0.1, -0.05) is 44.5 Å². The van der Waals surface area contributed by atoms with Crippen LogP contribution in [-0.4, -0.2) is 26.6 Å². The zero-order chi connectivity index (χ0) is 20.2. The first-order valence-electron chi connectivity index (χ1n) is 8.79. The van der Waals surface area contributed by atoms with Gasteiger partial charge < -0.3 is 5.32 Å². The lowest BCUT2D eigenvalue weighted by Gasteiger charge is -2.30. The van der Waals surface area contributed by atoms with Crippen LogP contribution in [0.2, 0.25) is 5.02 Å². The van der Waals surface area contributed by atoms with Gasteiger partial charge in [-0.3, -0.25) is 9.10 Å². The van der Waals surface area contributed by atoms with Crippen molar-refractivity contribution in [3.8, 4) is 0 Å². The predicted octanol–water partition coefficient (Wildman–Crippen LogP) is 4.65. The van der Waals surface area contributed by atoms with E-state index in [0.717, 1.165) is 10.6 Å². The molecule has 0 unspecified atom stereocenters. The van der Waals surface area contributed by atoms with E-state index in [0.29, 0.717) is 28.7 Å². The lowest BCUT2D eigenvalue weighted by molar-refractivity contribution is -0.117. The molecule has 0 heterocycles. The largest absolute Gasteiger partial charge is 0.324 e. The van der Waals surface area contributed by atoms with Gasteiger partial charge in [-0.25, -0.2) is 8.42 Å². The molecule has 0 radical (unpaired) electrons. The fraction of sp³-hybridized carbons (Fsp3) is 0.350. The Bertz CT molecular complexity index is 878. The van der Waals surface area contributed by atoms with Crippen LogP contribution in [0.3, 0.4) is 0 Å². The Kier molecular flexibility index (Phi) is 6.89. The molecule has 1 N–H and O–H groups in total. The van der Waals surface area contributed by atoms with Gasteiger partial charge in [0.15, 0.2) is 0 Å². The number of nitrogens with zero attached hydrogens (tertiary/aromatic N) is 1. The number of carbonyl (C=O) groups is 1. The van der Waals surface area contributed by atoms with Gasteiger partial charge in [-0.2, -0.15) is 0 Å². The molecule has 0 aliphatic heterocycles. The molecule has 0 aromatic heterocycles. The fourth-order valence-corrected chi connectivity index (χ4v) is 4.16. The molecular weight excluding hydrogens is 384 g/mol. The van der Waals surface area contributed by atoms with Crippen LogP contribution in [0, 0.1) is 0 Å². The van der Waals surface area contributed by atoms with Crippen molar-refractivity contribution in [2.45, 2.75) is 39.2 Å². The van der Waals surface area contributed by atoms with Gasteiger partial charge in [0.25, 0.3) is 0 Å². The normalized spacial score (nSPS) is 12.7. The fourth-order valence-electron chi connectivity index (χ4n) is 2.83. The number of anilines is 2. The number of halogens is 1. The Morgan fingerprint density at radius 3 is 2.07 bits per heavy atom. The van der Waals surface area contributed by atoms with Crippen LogP contribution < -0.4 is 9.62 Å². The Morgan fingerprint density at radius 2 is 1.63 bits per heavy atom. The summed E-state index contributed by atoms with van der Waals surface area (Å²) in [6.45, 7) is 5.97. The van der Waals surface area contributed by atoms with Crippen LogP contribution in [0.5, 0.6) is 0 Å². The van der Waals surface area contributed by atoms with Crippen LogP contribution in [-0.2, 0) is 14.8 Å². The number of sulfonamides is 1. The van der Waals surface area contributed by atoms with Crippen molar-refractivity contribution < 1.29 is 13.2 Å². The molecule has 2 rings (SSSR count). The molecule has 1 atom stereocenters. The molecular formula is C20H25ClN2O3S. The molecule has 0 bridgehead atoms. The average Bonchev–Trinajstić information content (AvgIpc) is 2.60. The molecule has 2 aromatic carbocycles. The van der Waals surface area contributed by atoms with E-state index in [9.17, 15) is 13.2 Å². The Hall–Kier alpha value is -2.05. The van der Waals surface area contributed by atoms with Gasteiger partial charge in [0, 0.05) is 10.7 Å². The standard InChI is InChI=1S/C20H25ClN2O3S/c1-5-19(20(24)22-17-10-6-15(7-11-17)14(2)3)23(27(4,25)26)18-12-8-16(21)9-13-18/h6-14,19H,5H2,1-4H3,(H,22,24)/t19-/m1/s1. The van der Waals surface area contributed by atoms with Gasteiger partial charge in [0.1, 0.15) is 6.04 Å². The highest BCUT2D eigenvalue weighted by molar-refractivity contribution is 7.92. The van der Waals surface area contributed by atoms with Gasteiger partial charge in [0.05, 0.1) is 11.9 Å². The van der Waals surface area contributed by atoms with Crippen LogP contribution >= 0.6 is 11.6 Å². The number of hydrogen-bond acceptors (Lipinski definition) is 3. The minimum absolute atomic E-state index is 0.325. The summed E-state index contributed by atoms with van der Waals surface area (Å²) in [7, 11) is -3.67. The summed E-state index contributed by atoms with van der Waals surface area (Å²) in [4.78, 5) is 12.8. The number of amides is 1. The third kappa shape index (κ3) is 5.47. The Balaban J connectivity index is 2.30. The van der Waals surface area contributed by atoms with Crippen molar-refractivity contribution in [1.29, 1.82) is 0 Å². The SMILES string of the molecule is CC[C@H](C(=O)Nc1ccc(C(C)C)cc1)N(c1ccc(Cl)cc1)S(C)(=O)=O. The lowest BCUT2D eigenvalue weighted by Crippen LogP contribution is -2.46. The molecule has 0 spiro atoms. The smallest absolute Gasteiger partial charge is 0.248 e. The van der Waals surface area contributed by atoms with Crippen molar-refractivity contribution in [2.75, 3.05) is 15.9 Å². The van der Waals surface area contributed by atoms with E-state index < -0.39 is 16.1 Å². The molecule has 27 heavy (non-hydrogen) atoms. The number of rotatable bonds is 7. The van der Waals surface area contributed by atoms with Crippen LogP contribution in [0.4, 0.5) is 11.4 Å². The number of benzene rings is 2. The molecule has 0 aliphatic rings. The second kappa shape index (κ2) is 8.76. The zero-order valence-electron chi connectivity index (χ0n) is 15.9. The maximum absolute atomic E-state index is 12.8. The highest BCUT2D eigenvalue weighted by atomic mass is 35.5. The first-order valence-corrected chi connectivity index (χ1v) is 11.0. The maximum Gasteiger partial charge on any atom is 0.248 e. The summed E-state index contributed by atoms with van der Waals surface area (Å²) >= 11 is 5.90. The summed E-state index contributed by atoms with van der Waals surface area (Å²) < 4.78 is 26.0. The third-order valence-electron chi connectivity index (χ3n) is 4.26. The second-order valence-electron chi connectivity index (χ2n) is 6.73. The van der Waals surface area contributed by atoms with Gasteiger partial charge >= 0.3 is 0 Å². The quantitative estimate of drug-likeness (QED) is 0.725. The van der Waals surface area contributed by atoms with E-state index in [4.69, 9.17) is 11.6 Å². The summed E-state index contributed by atoms with van der Waals surface area (Å²) in [5.74, 6) is 0.0129. The Labute approximate surface area is 166 Å². The molecule has 7 heteroatoms. The minimum atomic E-state index is -3.67. The Morgan fingerprint density at radius 1 is 1.07 bits per heavy atom. The number of nitrogens with one attached hydrogen (secondary N) is 1. The van der Waals surface area contributed by atoms with Crippen molar-refractivity contribution in [2.24, 2.45) is 0 Å². The van der Waals surface area contributed by atoms with Crippen LogP contribution in [0.1, 0.15) is 38.7 Å². The first-order chi connectivity index (χ1) is 12.6. The van der Waals surface area contributed by atoms with Crippen LogP contribution in [0.25, 0.3) is 0 Å². The predicted molar refractivity (Wildman–Crippen MR) is 112 cm³/mol. The zero-order valence-corrected chi connectivity index (χ0v) is 17.5. The first kappa shape index (κ1) is 21.3. The topological polar surface area (TPSA) is 66.5 Å². The average molecular weight is 409 g/mol. The molecule has 146 valence electrons. The van der Waals surface area contributed by atoms with Crippen molar-refractivity contribution in [3.63, 3.8) is 0 Å². The molecule has 2 aromatic rings. The van der Waals surface area contributed by atoms with Gasteiger partial charge in [-0.15, -0.1) is 0 Å². The van der Waals surface area contributed by atoms with E-state index in [-0.39, 0.29) is 5.91 Å². The summed E-state index contributed by atoms with van der Waals surface area (Å²) in [5.41, 5.74) is 2.20. The molecule has 0 saturated carbocycles. The van der Waals surface area contributed by atoms with Crippen molar-refractivity contribution >= 4 is 38.9 Å². The molecule has 0 aliphatic carbocycles. The van der Waals surface area contributed by atoms with Crippen LogP contribution in [0.15, 0.2) is 48.5 Å². The monoisotopic (exact) mass is 408 g/mol. The van der Waals surface area contributed by atoms with Gasteiger partial charge in [0.2, 0.25) is 15.9 Å². The number of hydrogen-bond donors (Lipinski definition) is 1. The van der Waals surface area contributed by atoms with E-state index in [1.807, 2.05) is 24.3 Å². The maximum atomic E-state index is 12.8. The second-order valence-corrected chi connectivity index (χ2v) is 9.02. The number of carbonyl (C=O) groups excluding carboxylic acids is 1. The molecule has 0 saturated heterocycles. The van der Waals surface area contributed by atoms with E-state index in [1.165, 1.54) is 5.56 Å². The summed E-state index contributed by atoms with van der Waals surface area (Å²) in [6, 6.07) is 13.1. The third-order valence-corrected chi connectivity index (χ3v) is 5.69. The van der Waals surface area contributed by atoms with Crippen molar-refractivity contribution in [3.05, 3.63) is 59.1 Å². The van der Waals surface area contributed by atoms with E-state index in [2.05, 4.69) is 19.2 Å². The molecule has 5 nitrogen and oxygen atoms in total. The van der Waals surface area contributed by atoms with E-state index >= 15 is 0 Å². The minimum Gasteiger partial charge on any atom is -0.324 e.